The first kappa shape index (κ1) is 56.0. The first-order chi connectivity index (χ1) is 32.1. The number of aliphatic hydroxyl groups is 9. The molecule has 1 aromatic rings. The normalized spacial score (nSPS) is 32.5. The zero-order valence-corrected chi connectivity index (χ0v) is 36.9. The van der Waals surface area contributed by atoms with Crippen molar-refractivity contribution in [2.75, 3.05) is 33.0 Å². The van der Waals surface area contributed by atoms with E-state index in [1.807, 2.05) is 0 Å². The third-order valence-corrected chi connectivity index (χ3v) is 11.1. The minimum absolute atomic E-state index is 0.00731. The number of nitro benzene ring substituents is 1. The molecule has 1 aromatic carbocycles. The number of carbonyl (C=O) groups is 5. The Labute approximate surface area is 387 Å². The Morgan fingerprint density at radius 2 is 1.49 bits per heavy atom. The van der Waals surface area contributed by atoms with Gasteiger partial charge in [0.05, 0.1) is 43.5 Å². The maximum absolute atomic E-state index is 12.6. The van der Waals surface area contributed by atoms with Gasteiger partial charge >= 0.3 is 11.9 Å². The number of aliphatic hydroxyl groups excluding tert-OH is 9. The monoisotopic (exact) mass is 980 g/mol. The van der Waals surface area contributed by atoms with Crippen molar-refractivity contribution in [3.63, 3.8) is 0 Å². The second kappa shape index (κ2) is 25.8. The average molecular weight is 981 g/mol. The topological polar surface area (TPSA) is 431 Å². The van der Waals surface area contributed by atoms with Gasteiger partial charge in [0.2, 0.25) is 17.7 Å². The number of carboxylic acid groups (broad SMARTS) is 1. The van der Waals surface area contributed by atoms with Crippen LogP contribution in [0.4, 0.5) is 5.69 Å². The van der Waals surface area contributed by atoms with Gasteiger partial charge in [-0.2, -0.15) is 0 Å². The van der Waals surface area contributed by atoms with Gasteiger partial charge in [-0.3, -0.25) is 29.3 Å². The van der Waals surface area contributed by atoms with Crippen molar-refractivity contribution in [2.45, 2.75) is 150 Å². The van der Waals surface area contributed by atoms with Crippen LogP contribution < -0.4 is 20.7 Å². The summed E-state index contributed by atoms with van der Waals surface area (Å²) in [4.78, 5) is 71.4. The molecule has 3 amide bonds. The number of benzene rings is 1. The molecule has 16 atom stereocenters. The predicted molar refractivity (Wildman–Crippen MR) is 220 cm³/mol. The zero-order valence-electron chi connectivity index (χ0n) is 36.9. The number of esters is 1. The SMILES string of the molecule is CC(=O)N[C@H]1C(O)[C@H](O[C@@H]2OC(CO[C@]3(C(=O)O)C[C@@H](O)[C@@H](NC(C)=O)C(C(O)C(O)CO)O3)[C@H](O)C(O)[C@@H]2O)C(CO)O[C@H]1OCCCNC(=O)CCCCC(=O)Oc1ccc([N+](=O)[O-])cc1. The Morgan fingerprint density at radius 3 is 2.09 bits per heavy atom. The van der Waals surface area contributed by atoms with Crippen molar-refractivity contribution in [2.24, 2.45) is 0 Å². The largest absolute Gasteiger partial charge is 0.477 e. The summed E-state index contributed by atoms with van der Waals surface area (Å²) in [6.45, 7) is -0.765. The Morgan fingerprint density at radius 1 is 0.853 bits per heavy atom. The molecule has 0 spiro atoms. The molecule has 3 aliphatic heterocycles. The summed E-state index contributed by atoms with van der Waals surface area (Å²) in [5.41, 5.74) is -0.161. The summed E-state index contributed by atoms with van der Waals surface area (Å²) in [7, 11) is 0. The van der Waals surface area contributed by atoms with Gasteiger partial charge in [0.1, 0.15) is 72.8 Å². The Kier molecular flexibility index (Phi) is 21.3. The minimum Gasteiger partial charge on any atom is -0.477 e. The Balaban J connectivity index is 1.32. The lowest BCUT2D eigenvalue weighted by Gasteiger charge is -2.48. The smallest absolute Gasteiger partial charge is 0.364 e. The zero-order chi connectivity index (χ0) is 50.5. The van der Waals surface area contributed by atoms with E-state index in [4.69, 9.17) is 33.2 Å². The van der Waals surface area contributed by atoms with Crippen LogP contribution >= 0.6 is 0 Å². The van der Waals surface area contributed by atoms with E-state index < -0.39 is 153 Å². The lowest BCUT2D eigenvalue weighted by molar-refractivity contribution is -0.384. The number of nitro groups is 1. The number of carbonyl (C=O) groups excluding carboxylic acids is 4. The molecular weight excluding hydrogens is 920 g/mol. The second-order valence-electron chi connectivity index (χ2n) is 16.3. The van der Waals surface area contributed by atoms with Gasteiger partial charge in [-0.05, 0) is 31.4 Å². The van der Waals surface area contributed by atoms with Crippen molar-refractivity contribution in [1.29, 1.82) is 0 Å². The van der Waals surface area contributed by atoms with Gasteiger partial charge in [-0.1, -0.05) is 0 Å². The highest BCUT2D eigenvalue weighted by Gasteiger charge is 2.57. The molecule has 0 radical (unpaired) electrons. The van der Waals surface area contributed by atoms with Crippen LogP contribution in [0.2, 0.25) is 0 Å². The second-order valence-corrected chi connectivity index (χ2v) is 16.3. The van der Waals surface area contributed by atoms with Gasteiger partial charge in [0.25, 0.3) is 11.5 Å². The lowest BCUT2D eigenvalue weighted by Crippen LogP contribution is -2.69. The predicted octanol–water partition coefficient (Wildman–Crippen LogP) is -5.47. The number of nitrogens with zero attached hydrogens (tertiary/aromatic N) is 1. The lowest BCUT2D eigenvalue weighted by atomic mass is 9.88. The molecule has 13 N–H and O–H groups in total. The molecule has 4 rings (SSSR count). The van der Waals surface area contributed by atoms with Crippen LogP contribution in [0.15, 0.2) is 24.3 Å². The molecule has 0 saturated carbocycles. The minimum atomic E-state index is -2.89. The number of ether oxygens (including phenoxy) is 7. The van der Waals surface area contributed by atoms with Crippen LogP contribution in [0.3, 0.4) is 0 Å². The van der Waals surface area contributed by atoms with Gasteiger partial charge in [0.15, 0.2) is 12.6 Å². The summed E-state index contributed by atoms with van der Waals surface area (Å²) in [5, 5.41) is 124. The maximum Gasteiger partial charge on any atom is 0.364 e. The molecule has 0 aromatic heterocycles. The number of rotatable bonds is 24. The average Bonchev–Trinajstić information content (AvgIpc) is 3.29. The quantitative estimate of drug-likeness (QED) is 0.0151. The molecule has 3 saturated heterocycles. The molecule has 68 heavy (non-hydrogen) atoms. The molecule has 3 aliphatic rings. The number of hydrogen-bond donors (Lipinski definition) is 13. The van der Waals surface area contributed by atoms with Crippen LogP contribution in [-0.4, -0.2) is 216 Å². The fourth-order valence-corrected chi connectivity index (χ4v) is 7.54. The number of nitrogens with one attached hydrogen (secondary N) is 3. The molecule has 0 bridgehead atoms. The summed E-state index contributed by atoms with van der Waals surface area (Å²) in [6, 6.07) is 2.05. The van der Waals surface area contributed by atoms with E-state index in [9.17, 15) is 85.2 Å². The number of unbranched alkanes of at least 4 members (excludes halogenated alkanes) is 1. The fourth-order valence-electron chi connectivity index (χ4n) is 7.54. The summed E-state index contributed by atoms with van der Waals surface area (Å²) >= 11 is 0. The van der Waals surface area contributed by atoms with E-state index >= 15 is 0 Å². The van der Waals surface area contributed by atoms with E-state index in [1.165, 1.54) is 24.3 Å². The van der Waals surface area contributed by atoms with Crippen LogP contribution in [-0.2, 0) is 52.4 Å². The fraction of sp³-hybridized carbons (Fsp3) is 0.725. The molecule has 28 heteroatoms. The Bertz CT molecular complexity index is 1850. The van der Waals surface area contributed by atoms with Gasteiger partial charge in [0, 0.05) is 51.8 Å². The molecule has 7 unspecified atom stereocenters. The molecule has 0 aliphatic carbocycles. The standard InChI is InChI=1S/C40H60N4O24/c1-18(47)42-28-22(49)14-40(39(58)59,68-36(28)30(53)23(50)15-45)63-17-25-31(54)33(56)34(57)38(66-25)67-35-24(16-46)65-37(29(32(35)55)43-19(2)48)62-13-5-12-41-26(51)6-3-4-7-27(52)64-21-10-8-20(9-11-21)44(60)61/h8-11,22-25,28-38,45-46,49-50,53-57H,3-7,12-17H2,1-2H3,(H,41,51)(H,42,47)(H,43,48)(H,58,59)/t22-,23?,24?,25?,28-,29+,30?,31+,32?,33?,34+,35-,36?,37-,38+,40-/m1/s1. The molecule has 3 fully saturated rings. The molecule has 3 heterocycles. The van der Waals surface area contributed by atoms with E-state index in [1.54, 1.807) is 0 Å². The first-order valence-corrected chi connectivity index (χ1v) is 21.5. The van der Waals surface area contributed by atoms with Crippen LogP contribution in [0, 0.1) is 10.1 Å². The Hall–Kier alpha value is -4.63. The van der Waals surface area contributed by atoms with Crippen LogP contribution in [0.1, 0.15) is 52.4 Å². The highest BCUT2D eigenvalue weighted by atomic mass is 16.8. The van der Waals surface area contributed by atoms with Crippen LogP contribution in [0.25, 0.3) is 0 Å². The highest BCUT2D eigenvalue weighted by Crippen LogP contribution is 2.36. The van der Waals surface area contributed by atoms with Crippen molar-refractivity contribution >= 4 is 35.3 Å². The number of aliphatic carboxylic acids is 1. The van der Waals surface area contributed by atoms with E-state index in [2.05, 4.69) is 16.0 Å². The van der Waals surface area contributed by atoms with Gasteiger partial charge in [-0.25, -0.2) is 4.79 Å². The number of hydrogen-bond acceptors (Lipinski definition) is 23. The third-order valence-electron chi connectivity index (χ3n) is 11.1. The number of non-ortho nitro benzene ring substituents is 1. The van der Waals surface area contributed by atoms with E-state index in [0.29, 0.717) is 12.8 Å². The summed E-state index contributed by atoms with van der Waals surface area (Å²) in [6.07, 6.45) is -24.1. The van der Waals surface area contributed by atoms with Gasteiger partial charge in [-0.15, -0.1) is 0 Å². The van der Waals surface area contributed by atoms with Crippen molar-refractivity contribution in [1.82, 2.24) is 16.0 Å². The molecular formula is C40H60N4O24. The first-order valence-electron chi connectivity index (χ1n) is 21.5. The number of carboxylic acids is 1. The maximum atomic E-state index is 12.6. The van der Waals surface area contributed by atoms with E-state index in [-0.39, 0.29) is 49.8 Å². The van der Waals surface area contributed by atoms with Crippen molar-refractivity contribution in [3.8, 4) is 5.75 Å². The molecule has 384 valence electrons. The van der Waals surface area contributed by atoms with E-state index in [0.717, 1.165) is 13.8 Å². The van der Waals surface area contributed by atoms with Gasteiger partial charge < -0.3 is 100 Å². The van der Waals surface area contributed by atoms with Crippen molar-refractivity contribution < 1.29 is 113 Å². The third kappa shape index (κ3) is 14.9. The molecule has 28 nitrogen and oxygen atoms in total. The van der Waals surface area contributed by atoms with Crippen molar-refractivity contribution in [3.05, 3.63) is 34.4 Å². The van der Waals surface area contributed by atoms with Crippen LogP contribution in [0.5, 0.6) is 5.75 Å². The highest BCUT2D eigenvalue weighted by molar-refractivity contribution is 5.77. The number of amides is 3. The summed E-state index contributed by atoms with van der Waals surface area (Å²) in [5.74, 6) is -6.99. The summed E-state index contributed by atoms with van der Waals surface area (Å²) < 4.78 is 39.3.